The predicted octanol–water partition coefficient (Wildman–Crippen LogP) is 2.72. The first kappa shape index (κ1) is 20.7. The van der Waals surface area contributed by atoms with Crippen molar-refractivity contribution in [2.75, 3.05) is 24.7 Å². The predicted molar refractivity (Wildman–Crippen MR) is 120 cm³/mol. The molecule has 5 rings (SSSR count). The number of aromatic nitrogens is 3. The maximum Gasteiger partial charge on any atom is 0.211 e. The minimum absolute atomic E-state index is 0.143. The average Bonchev–Trinajstić information content (AvgIpc) is 3.49. The monoisotopic (exact) mass is 446 g/mol. The minimum Gasteiger partial charge on any atom is -0.389 e. The number of nitrogens with one attached hydrogen (secondary N) is 1. The molecule has 31 heavy (non-hydrogen) atoms. The highest BCUT2D eigenvalue weighted by molar-refractivity contribution is 7.88. The summed E-state index contributed by atoms with van der Waals surface area (Å²) in [5.74, 6) is 0. The lowest BCUT2D eigenvalue weighted by Crippen LogP contribution is -2.42. The van der Waals surface area contributed by atoms with Crippen molar-refractivity contribution in [2.24, 2.45) is 5.16 Å². The minimum atomic E-state index is -3.14. The van der Waals surface area contributed by atoms with Crippen LogP contribution in [0, 0.1) is 0 Å². The summed E-state index contributed by atoms with van der Waals surface area (Å²) in [7, 11) is -3.14. The van der Waals surface area contributed by atoms with Crippen molar-refractivity contribution >= 4 is 32.5 Å². The highest BCUT2D eigenvalue weighted by Crippen LogP contribution is 2.42. The largest absolute Gasteiger partial charge is 0.389 e. The molecule has 1 spiro atoms. The number of aryl methyl sites for hydroxylation is 1. The molecule has 0 unspecified atom stereocenters. The zero-order valence-electron chi connectivity index (χ0n) is 18.2. The van der Waals surface area contributed by atoms with Crippen LogP contribution in [0.2, 0.25) is 0 Å². The van der Waals surface area contributed by atoms with Gasteiger partial charge < -0.3 is 10.2 Å². The van der Waals surface area contributed by atoms with Gasteiger partial charge in [0.1, 0.15) is 5.60 Å². The van der Waals surface area contributed by atoms with Crippen LogP contribution in [-0.2, 0) is 21.4 Å². The molecule has 1 N–H and O–H groups in total. The van der Waals surface area contributed by atoms with Crippen molar-refractivity contribution in [3.8, 4) is 0 Å². The van der Waals surface area contributed by atoms with E-state index in [1.807, 2.05) is 17.1 Å². The van der Waals surface area contributed by atoms with Gasteiger partial charge in [0, 0.05) is 43.9 Å². The summed E-state index contributed by atoms with van der Waals surface area (Å²) in [6.07, 6.45) is 11.8. The van der Waals surface area contributed by atoms with Crippen LogP contribution in [0.5, 0.6) is 0 Å². The van der Waals surface area contributed by atoms with E-state index in [0.29, 0.717) is 13.1 Å². The van der Waals surface area contributed by atoms with Crippen molar-refractivity contribution in [2.45, 2.75) is 70.1 Å². The maximum atomic E-state index is 11.9. The van der Waals surface area contributed by atoms with Crippen molar-refractivity contribution in [3.63, 3.8) is 0 Å². The lowest BCUT2D eigenvalue weighted by atomic mass is 9.92. The van der Waals surface area contributed by atoms with E-state index in [1.165, 1.54) is 19.1 Å². The molecule has 0 atom stereocenters. The van der Waals surface area contributed by atoms with Crippen molar-refractivity contribution < 1.29 is 13.3 Å². The molecule has 1 aliphatic carbocycles. The highest BCUT2D eigenvalue weighted by Gasteiger charge is 2.42. The van der Waals surface area contributed by atoms with E-state index >= 15 is 0 Å². The van der Waals surface area contributed by atoms with E-state index in [-0.39, 0.29) is 11.6 Å². The Balaban J connectivity index is 1.45. The van der Waals surface area contributed by atoms with Gasteiger partial charge in [-0.3, -0.25) is 0 Å². The maximum absolute atomic E-state index is 11.9. The molecule has 2 aromatic heterocycles. The molecule has 4 heterocycles. The van der Waals surface area contributed by atoms with Gasteiger partial charge in [0.05, 0.1) is 29.2 Å². The van der Waals surface area contributed by atoms with Gasteiger partial charge >= 0.3 is 0 Å². The van der Waals surface area contributed by atoms with Crippen LogP contribution in [0.3, 0.4) is 0 Å². The number of nitrogens with zero attached hydrogens (tertiary/aromatic N) is 5. The van der Waals surface area contributed by atoms with Crippen molar-refractivity contribution in [3.05, 3.63) is 18.0 Å². The van der Waals surface area contributed by atoms with Gasteiger partial charge in [-0.05, 0) is 45.4 Å². The fourth-order valence-electron chi connectivity index (χ4n) is 5.12. The van der Waals surface area contributed by atoms with Crippen LogP contribution in [0.1, 0.15) is 57.4 Å². The van der Waals surface area contributed by atoms with E-state index in [4.69, 9.17) is 9.82 Å². The number of hydrogen-bond acceptors (Lipinski definition) is 7. The quantitative estimate of drug-likeness (QED) is 0.758. The second-order valence-electron chi connectivity index (χ2n) is 9.02. The lowest BCUT2D eigenvalue weighted by molar-refractivity contribution is -0.0126. The third-order valence-corrected chi connectivity index (χ3v) is 8.21. The molecule has 0 amide bonds. The summed E-state index contributed by atoms with van der Waals surface area (Å²) in [5.41, 5.74) is 3.60. The number of sulfonamides is 1. The second-order valence-corrected chi connectivity index (χ2v) is 11.0. The fraction of sp³-hybridized carbons (Fsp3) is 0.667. The van der Waals surface area contributed by atoms with E-state index in [9.17, 15) is 8.42 Å². The summed E-state index contributed by atoms with van der Waals surface area (Å²) in [4.78, 5) is 10.6. The third kappa shape index (κ3) is 3.80. The van der Waals surface area contributed by atoms with Gasteiger partial charge in [-0.2, -0.15) is 5.10 Å². The van der Waals surface area contributed by atoms with Gasteiger partial charge in [-0.25, -0.2) is 22.4 Å². The summed E-state index contributed by atoms with van der Waals surface area (Å²) in [6.45, 7) is 3.85. The number of piperidine rings is 1. The molecule has 168 valence electrons. The van der Waals surface area contributed by atoms with Gasteiger partial charge in [0.15, 0.2) is 5.65 Å². The first-order valence-electron chi connectivity index (χ1n) is 11.2. The number of rotatable bonds is 5. The van der Waals surface area contributed by atoms with Crippen LogP contribution in [0.15, 0.2) is 17.5 Å². The van der Waals surface area contributed by atoms with Crippen LogP contribution < -0.4 is 5.32 Å². The van der Waals surface area contributed by atoms with Crippen molar-refractivity contribution in [1.29, 1.82) is 0 Å². The molecule has 2 aromatic rings. The molecule has 0 radical (unpaired) electrons. The zero-order chi connectivity index (χ0) is 21.6. The molecular formula is C21H30N6O3S. The number of fused-ring (bicyclic) bond motifs is 1. The molecular weight excluding hydrogens is 416 g/mol. The van der Waals surface area contributed by atoms with E-state index in [1.54, 1.807) is 4.31 Å². The van der Waals surface area contributed by atoms with Gasteiger partial charge in [-0.1, -0.05) is 5.16 Å². The molecule has 9 nitrogen and oxygen atoms in total. The molecule has 3 aliphatic rings. The Morgan fingerprint density at radius 2 is 1.97 bits per heavy atom. The summed E-state index contributed by atoms with van der Waals surface area (Å²) in [6, 6.07) is 0.177. The summed E-state index contributed by atoms with van der Waals surface area (Å²) in [5, 5.41) is 13.7. The number of pyridine rings is 1. The first-order valence-corrected chi connectivity index (χ1v) is 13.0. The topological polar surface area (TPSA) is 102 Å². The smallest absolute Gasteiger partial charge is 0.211 e. The van der Waals surface area contributed by atoms with Crippen LogP contribution in [-0.4, -0.2) is 64.2 Å². The Morgan fingerprint density at radius 1 is 1.23 bits per heavy atom. The second kappa shape index (κ2) is 7.74. The average molecular weight is 447 g/mol. The van der Waals surface area contributed by atoms with Crippen molar-refractivity contribution in [1.82, 2.24) is 19.1 Å². The Morgan fingerprint density at radius 3 is 2.65 bits per heavy atom. The summed E-state index contributed by atoms with van der Waals surface area (Å²) < 4.78 is 27.2. The number of oxime groups is 1. The van der Waals surface area contributed by atoms with E-state index < -0.39 is 10.0 Å². The van der Waals surface area contributed by atoms with Crippen LogP contribution in [0.25, 0.3) is 11.0 Å². The van der Waals surface area contributed by atoms with E-state index in [2.05, 4.69) is 22.5 Å². The van der Waals surface area contributed by atoms with Crippen LogP contribution >= 0.6 is 0 Å². The first-order chi connectivity index (χ1) is 14.9. The highest BCUT2D eigenvalue weighted by atomic mass is 32.2. The van der Waals surface area contributed by atoms with Gasteiger partial charge in [-0.15, -0.1) is 0 Å². The molecule has 0 bridgehead atoms. The standard InChI is InChI=1S/C21H30N6O3S/c1-3-27-20-17(14-23-27)19(24-15-6-10-26(11-7-15)31(2,28)29)16(13-22-20)18-12-21(30-25-18)8-4-5-9-21/h13-15H,3-12H2,1-2H3,(H,22,24). The molecule has 10 heteroatoms. The zero-order valence-corrected chi connectivity index (χ0v) is 19.0. The molecule has 1 saturated carbocycles. The summed E-state index contributed by atoms with van der Waals surface area (Å²) >= 11 is 0. The molecule has 2 aliphatic heterocycles. The number of anilines is 1. The lowest BCUT2D eigenvalue weighted by Gasteiger charge is -2.31. The molecule has 2 fully saturated rings. The Hall–Kier alpha value is -2.20. The van der Waals surface area contributed by atoms with E-state index in [0.717, 1.165) is 66.6 Å². The SMILES string of the molecule is CCn1ncc2c(NC3CCN(S(C)(=O)=O)CC3)c(C3=NOC4(CCCC4)C3)cnc21. The molecule has 1 saturated heterocycles. The van der Waals surface area contributed by atoms with Crippen LogP contribution in [0.4, 0.5) is 5.69 Å². The fourth-order valence-corrected chi connectivity index (χ4v) is 6.00. The Bertz CT molecular complexity index is 1110. The Labute approximate surface area is 182 Å². The van der Waals surface area contributed by atoms with Gasteiger partial charge in [0.25, 0.3) is 0 Å². The Kier molecular flexibility index (Phi) is 5.16. The normalized spacial score (nSPS) is 22.2. The molecule has 0 aromatic carbocycles. The third-order valence-electron chi connectivity index (χ3n) is 6.90. The van der Waals surface area contributed by atoms with Gasteiger partial charge in [0.2, 0.25) is 10.0 Å². The number of hydrogen-bond donors (Lipinski definition) is 1.